The van der Waals surface area contributed by atoms with Crippen molar-refractivity contribution in [1.29, 1.82) is 0 Å². The predicted molar refractivity (Wildman–Crippen MR) is 266 cm³/mol. The molecule has 402 valence electrons. The molecule has 0 aromatic carbocycles. The van der Waals surface area contributed by atoms with E-state index >= 15 is 0 Å². The van der Waals surface area contributed by atoms with Crippen LogP contribution in [-0.2, 0) is 46.3 Å². The van der Waals surface area contributed by atoms with Gasteiger partial charge in [0.1, 0.15) is 30.7 Å². The number of carbonyl (C=O) groups excluding carboxylic acids is 2. The van der Waals surface area contributed by atoms with Gasteiger partial charge in [0.2, 0.25) is 0 Å². The third-order valence-corrected chi connectivity index (χ3v) is 14.9. The first-order chi connectivity index (χ1) is 32.9. The Balaban J connectivity index is 1.77. The number of aromatic nitrogens is 2. The minimum atomic E-state index is -5.42. The summed E-state index contributed by atoms with van der Waals surface area (Å²) in [5.74, 6) is 0.276. The molecule has 7 atom stereocenters. The van der Waals surface area contributed by atoms with Crippen molar-refractivity contribution in [3.8, 4) is 0 Å². The molecule has 6 N–H and O–H groups in total. The van der Waals surface area contributed by atoms with Gasteiger partial charge in [0, 0.05) is 19.0 Å². The number of anilines is 1. The monoisotopic (exact) mass is 1020 g/mol. The number of rotatable bonds is 43. The van der Waals surface area contributed by atoms with Crippen LogP contribution in [0.3, 0.4) is 0 Å². The molecule has 0 bridgehead atoms. The van der Waals surface area contributed by atoms with E-state index in [0.29, 0.717) is 12.8 Å². The summed E-state index contributed by atoms with van der Waals surface area (Å²) in [5.41, 5.74) is 4.59. The molecule has 2 rings (SSSR count). The van der Waals surface area contributed by atoms with Crippen LogP contribution in [0.4, 0.5) is 5.82 Å². The second kappa shape index (κ2) is 36.6. The zero-order chi connectivity index (χ0) is 50.9. The van der Waals surface area contributed by atoms with Gasteiger partial charge in [-0.25, -0.2) is 13.9 Å². The fraction of sp³-hybridized carbons (Fsp3) is 0.878. The van der Waals surface area contributed by atoms with E-state index in [1.54, 1.807) is 0 Å². The van der Waals surface area contributed by atoms with E-state index in [1.807, 2.05) is 0 Å². The lowest BCUT2D eigenvalue weighted by molar-refractivity contribution is -0.161. The third-order valence-electron chi connectivity index (χ3n) is 12.3. The van der Waals surface area contributed by atoms with Gasteiger partial charge in [-0.1, -0.05) is 188 Å². The molecule has 1 fully saturated rings. The molecule has 1 saturated heterocycles. The first-order valence-electron chi connectivity index (χ1n) is 26.3. The molecule has 69 heavy (non-hydrogen) atoms. The van der Waals surface area contributed by atoms with Crippen molar-refractivity contribution in [1.82, 2.24) is 9.55 Å². The highest BCUT2D eigenvalue weighted by Gasteiger charge is 2.46. The van der Waals surface area contributed by atoms with Crippen LogP contribution < -0.4 is 11.4 Å². The highest BCUT2D eigenvalue weighted by atomic mass is 31.3. The smallest absolute Gasteiger partial charge is 0.462 e. The summed E-state index contributed by atoms with van der Waals surface area (Å²) < 4.78 is 56.8. The SMILES string of the molecule is CC(C)CCCCCCCCCCCCCCCCCC(=O)OC[C@H](COP(=O)(O)OP(=O)(O)OC[C@H]1O[C@@H](n2ccc(N)nc2=O)C(O)[C@H]1O)OC(=O)CCCCCCCCCCCCC(C)C. The molecule has 2 heterocycles. The zero-order valence-electron chi connectivity index (χ0n) is 42.5. The van der Waals surface area contributed by atoms with Gasteiger partial charge < -0.3 is 39.9 Å². The maximum Gasteiger partial charge on any atom is 0.481 e. The van der Waals surface area contributed by atoms with Crippen molar-refractivity contribution in [2.75, 3.05) is 25.6 Å². The number of hydrogen-bond donors (Lipinski definition) is 5. The summed E-state index contributed by atoms with van der Waals surface area (Å²) in [6.07, 6.45) is 24.9. The van der Waals surface area contributed by atoms with Gasteiger partial charge in [-0.3, -0.25) is 23.2 Å². The van der Waals surface area contributed by atoms with Gasteiger partial charge in [0.05, 0.1) is 13.2 Å². The molecule has 1 aromatic heterocycles. The number of aliphatic hydroxyl groups excluding tert-OH is 2. The normalized spacial score (nSPS) is 19.4. The van der Waals surface area contributed by atoms with Gasteiger partial charge in [-0.05, 0) is 30.7 Å². The topological polar surface area (TPSA) is 265 Å². The van der Waals surface area contributed by atoms with Gasteiger partial charge in [0.15, 0.2) is 12.3 Å². The van der Waals surface area contributed by atoms with Crippen LogP contribution >= 0.6 is 15.6 Å². The number of phosphoric acid groups is 2. The number of ether oxygens (including phenoxy) is 3. The highest BCUT2D eigenvalue weighted by Crippen LogP contribution is 2.60. The standard InChI is InChI=1S/C49H91N3O15P2/c1-39(2)30-26-22-18-14-10-8-6-5-7-9-11-16-20-24-28-32-44(53)62-36-41(65-45(54)33-29-25-21-17-13-12-15-19-23-27-31-40(3)4)37-63-68(58,59)67-69(60,61)64-38-42-46(55)47(56)48(66-42)52-35-34-43(50)51-49(52)57/h34-35,39-42,46-48,55-56H,5-33,36-38H2,1-4H3,(H,58,59)(H,60,61)(H2,50,51,57)/t41-,42-,46+,47?,48-/m1/s1. The molecule has 1 aromatic rings. The number of nitrogen functional groups attached to an aromatic ring is 1. The number of phosphoric ester groups is 2. The molecule has 1 aliphatic rings. The molecule has 0 radical (unpaired) electrons. The maximum absolute atomic E-state index is 12.9. The van der Waals surface area contributed by atoms with Crippen LogP contribution in [0.5, 0.6) is 0 Å². The van der Waals surface area contributed by atoms with Gasteiger partial charge in [-0.2, -0.15) is 9.29 Å². The van der Waals surface area contributed by atoms with E-state index in [0.717, 1.165) is 67.8 Å². The first-order valence-corrected chi connectivity index (χ1v) is 29.3. The molecule has 1 aliphatic heterocycles. The van der Waals surface area contributed by atoms with E-state index < -0.39 is 83.7 Å². The Morgan fingerprint density at radius 2 is 1.07 bits per heavy atom. The third kappa shape index (κ3) is 31.1. The Kier molecular flexibility index (Phi) is 33.4. The molecular weight excluding hydrogens is 932 g/mol. The Hall–Kier alpha value is -2.24. The minimum Gasteiger partial charge on any atom is -0.462 e. The molecular formula is C49H91N3O15P2. The predicted octanol–water partition coefficient (Wildman–Crippen LogP) is 10.8. The van der Waals surface area contributed by atoms with Crippen molar-refractivity contribution in [2.24, 2.45) is 11.8 Å². The lowest BCUT2D eigenvalue weighted by Gasteiger charge is -2.21. The van der Waals surface area contributed by atoms with Crippen LogP contribution in [0.15, 0.2) is 17.1 Å². The quantitative estimate of drug-likeness (QED) is 0.0231. The Morgan fingerprint density at radius 1 is 0.652 bits per heavy atom. The number of unbranched alkanes of at least 4 members (excludes halogenated alkanes) is 23. The van der Waals surface area contributed by atoms with E-state index in [4.69, 9.17) is 29.0 Å². The van der Waals surface area contributed by atoms with Crippen molar-refractivity contribution in [3.05, 3.63) is 22.7 Å². The highest BCUT2D eigenvalue weighted by molar-refractivity contribution is 7.61. The summed E-state index contributed by atoms with van der Waals surface area (Å²) in [5, 5.41) is 20.9. The van der Waals surface area contributed by atoms with E-state index in [9.17, 15) is 43.5 Å². The average Bonchev–Trinajstić information content (AvgIpc) is 3.56. The molecule has 18 nitrogen and oxygen atoms in total. The zero-order valence-corrected chi connectivity index (χ0v) is 44.3. The number of aliphatic hydroxyl groups is 2. The van der Waals surface area contributed by atoms with Gasteiger partial charge >= 0.3 is 33.3 Å². The minimum absolute atomic E-state index is 0.0557. The molecule has 0 amide bonds. The Bertz CT molecular complexity index is 1680. The lowest BCUT2D eigenvalue weighted by atomic mass is 10.0. The van der Waals surface area contributed by atoms with Gasteiger partial charge in [0.25, 0.3) is 0 Å². The van der Waals surface area contributed by atoms with Crippen molar-refractivity contribution >= 4 is 33.4 Å². The van der Waals surface area contributed by atoms with Crippen LogP contribution in [0, 0.1) is 11.8 Å². The van der Waals surface area contributed by atoms with Crippen LogP contribution in [0.1, 0.15) is 220 Å². The lowest BCUT2D eigenvalue weighted by Crippen LogP contribution is -2.36. The summed E-state index contributed by atoms with van der Waals surface area (Å²) >= 11 is 0. The number of nitrogens with zero attached hydrogens (tertiary/aromatic N) is 2. The fourth-order valence-corrected chi connectivity index (χ4v) is 10.3. The molecule has 3 unspecified atom stereocenters. The maximum atomic E-state index is 12.9. The largest absolute Gasteiger partial charge is 0.481 e. The van der Waals surface area contributed by atoms with Crippen LogP contribution in [-0.4, -0.2) is 85.7 Å². The van der Waals surface area contributed by atoms with E-state index in [2.05, 4.69) is 37.0 Å². The second-order valence-corrected chi connectivity index (χ2v) is 22.7. The number of nitrogens with two attached hydrogens (primary N) is 1. The summed E-state index contributed by atoms with van der Waals surface area (Å²) in [6, 6.07) is 1.25. The molecule has 0 spiro atoms. The summed E-state index contributed by atoms with van der Waals surface area (Å²) in [7, 11) is -10.8. The van der Waals surface area contributed by atoms with Crippen LogP contribution in [0.2, 0.25) is 0 Å². The van der Waals surface area contributed by atoms with Crippen molar-refractivity contribution < 1.29 is 66.3 Å². The Labute approximate surface area is 412 Å². The summed E-state index contributed by atoms with van der Waals surface area (Å²) in [6.45, 7) is 6.80. The van der Waals surface area contributed by atoms with Gasteiger partial charge in [-0.15, -0.1) is 0 Å². The number of esters is 2. The van der Waals surface area contributed by atoms with E-state index in [-0.39, 0.29) is 18.7 Å². The Morgan fingerprint density at radius 3 is 1.52 bits per heavy atom. The second-order valence-electron chi connectivity index (χ2n) is 19.7. The van der Waals surface area contributed by atoms with Crippen LogP contribution in [0.25, 0.3) is 0 Å². The van der Waals surface area contributed by atoms with E-state index in [1.165, 1.54) is 121 Å². The van der Waals surface area contributed by atoms with Crippen molar-refractivity contribution in [3.63, 3.8) is 0 Å². The summed E-state index contributed by atoms with van der Waals surface area (Å²) in [4.78, 5) is 61.9. The number of hydrogen-bond acceptors (Lipinski definition) is 15. The fourth-order valence-electron chi connectivity index (χ4n) is 8.21. The van der Waals surface area contributed by atoms with Crippen molar-refractivity contribution in [2.45, 2.75) is 245 Å². The molecule has 0 aliphatic carbocycles. The molecule has 0 saturated carbocycles. The average molecular weight is 1020 g/mol. The molecule has 20 heteroatoms. The number of carbonyl (C=O) groups is 2. The first kappa shape index (κ1) is 62.9.